The smallest absolute Gasteiger partial charge is 0.312 e. The third-order valence-electron chi connectivity index (χ3n) is 3.95. The molecule has 1 amide bonds. The number of aliphatic carboxylic acids is 1. The molecule has 0 saturated carbocycles. The van der Waals surface area contributed by atoms with E-state index in [4.69, 9.17) is 0 Å². The Morgan fingerprint density at radius 3 is 3.00 bits per heavy atom. The van der Waals surface area contributed by atoms with E-state index in [0.29, 0.717) is 18.7 Å². The lowest BCUT2D eigenvalue weighted by Gasteiger charge is -2.18. The summed E-state index contributed by atoms with van der Waals surface area (Å²) in [5, 5.41) is 9.99. The minimum Gasteiger partial charge on any atom is -0.481 e. The summed E-state index contributed by atoms with van der Waals surface area (Å²) in [6, 6.07) is 0. The second kappa shape index (κ2) is 5.05. The van der Waals surface area contributed by atoms with Crippen LogP contribution in [0.1, 0.15) is 29.3 Å². The summed E-state index contributed by atoms with van der Waals surface area (Å²) in [6.45, 7) is 1.89. The van der Waals surface area contributed by atoms with Crippen LogP contribution in [0.2, 0.25) is 0 Å². The summed E-state index contributed by atoms with van der Waals surface area (Å²) < 4.78 is 0. The molecule has 1 aliphatic heterocycles. The average molecular weight is 295 g/mol. The molecule has 1 fully saturated rings. The van der Waals surface area contributed by atoms with Gasteiger partial charge in [0.25, 0.3) is 0 Å². The predicted octanol–water partition coefficient (Wildman–Crippen LogP) is 0.926. The first-order valence-electron chi connectivity index (χ1n) is 6.77. The molecule has 0 spiro atoms. The first kappa shape index (κ1) is 13.4. The molecular weight excluding hydrogens is 278 g/mol. The molecule has 1 aromatic heterocycles. The molecule has 1 saturated heterocycles. The Hall–Kier alpha value is -1.63. The molecule has 0 bridgehead atoms. The Morgan fingerprint density at radius 1 is 1.45 bits per heavy atom. The van der Waals surface area contributed by atoms with Crippen molar-refractivity contribution in [1.82, 2.24) is 9.88 Å². The van der Waals surface area contributed by atoms with Crippen molar-refractivity contribution in [3.05, 3.63) is 10.6 Å². The molecule has 0 radical (unpaired) electrons. The van der Waals surface area contributed by atoms with E-state index in [1.165, 1.54) is 0 Å². The van der Waals surface area contributed by atoms with Crippen LogP contribution in [0.3, 0.4) is 0 Å². The lowest BCUT2D eigenvalue weighted by molar-refractivity contribution is -0.138. The van der Waals surface area contributed by atoms with E-state index in [-0.39, 0.29) is 5.91 Å². The first-order chi connectivity index (χ1) is 9.56. The molecule has 2 aliphatic rings. The number of fused-ring (bicyclic) bond motifs is 1. The molecule has 1 atom stereocenters. The number of hydrogen-bond acceptors (Lipinski definition) is 5. The number of carbonyl (C=O) groups is 2. The van der Waals surface area contributed by atoms with Gasteiger partial charge in [-0.15, -0.1) is 11.3 Å². The fourth-order valence-electron chi connectivity index (χ4n) is 2.74. The Balaban J connectivity index is 1.83. The van der Waals surface area contributed by atoms with Crippen molar-refractivity contribution in [2.24, 2.45) is 0 Å². The van der Waals surface area contributed by atoms with Gasteiger partial charge in [0.05, 0.1) is 12.2 Å². The highest BCUT2D eigenvalue weighted by atomic mass is 32.1. The standard InChI is InChI=1S/C13H17N3O3S/c1-15-5-2-6-16(7-10(15)17)13-14-11-8(12(18)19)3-4-9(11)20-13/h8H,2-7H2,1H3,(H,18,19). The van der Waals surface area contributed by atoms with Gasteiger partial charge in [0.1, 0.15) is 5.92 Å². The van der Waals surface area contributed by atoms with E-state index in [2.05, 4.69) is 4.98 Å². The predicted molar refractivity (Wildman–Crippen MR) is 75.3 cm³/mol. The van der Waals surface area contributed by atoms with Crippen LogP contribution < -0.4 is 4.90 Å². The Labute approximate surface area is 121 Å². The van der Waals surface area contributed by atoms with Crippen LogP contribution in [0.4, 0.5) is 5.13 Å². The maximum atomic E-state index is 11.9. The van der Waals surface area contributed by atoms with Crippen molar-refractivity contribution < 1.29 is 14.7 Å². The molecular formula is C13H17N3O3S. The lowest BCUT2D eigenvalue weighted by atomic mass is 10.1. The van der Waals surface area contributed by atoms with Crippen LogP contribution in [-0.4, -0.2) is 53.5 Å². The van der Waals surface area contributed by atoms with Gasteiger partial charge in [-0.3, -0.25) is 9.59 Å². The molecule has 1 N–H and O–H groups in total. The van der Waals surface area contributed by atoms with Crippen LogP contribution in [0, 0.1) is 0 Å². The SMILES string of the molecule is CN1CCCN(c2nc3c(s2)CCC3C(=O)O)CC1=O. The van der Waals surface area contributed by atoms with Gasteiger partial charge in [0.2, 0.25) is 5.91 Å². The number of carboxylic acid groups (broad SMARTS) is 1. The quantitative estimate of drug-likeness (QED) is 0.878. The zero-order valence-corrected chi connectivity index (χ0v) is 12.2. The average Bonchev–Trinajstić information content (AvgIpc) is 2.91. The highest BCUT2D eigenvalue weighted by Crippen LogP contribution is 2.39. The van der Waals surface area contributed by atoms with Gasteiger partial charge in [0, 0.05) is 25.0 Å². The summed E-state index contributed by atoms with van der Waals surface area (Å²) >= 11 is 1.54. The highest BCUT2D eigenvalue weighted by Gasteiger charge is 2.33. The number of amides is 1. The monoisotopic (exact) mass is 295 g/mol. The highest BCUT2D eigenvalue weighted by molar-refractivity contribution is 7.15. The molecule has 108 valence electrons. The van der Waals surface area contributed by atoms with Crippen molar-refractivity contribution in [1.29, 1.82) is 0 Å². The van der Waals surface area contributed by atoms with Gasteiger partial charge in [-0.05, 0) is 19.3 Å². The van der Waals surface area contributed by atoms with Crippen LogP contribution in [0.15, 0.2) is 0 Å². The van der Waals surface area contributed by atoms with Crippen molar-refractivity contribution >= 4 is 28.3 Å². The second-order valence-electron chi connectivity index (χ2n) is 5.32. The summed E-state index contributed by atoms with van der Waals surface area (Å²) in [5.41, 5.74) is 0.711. The van der Waals surface area contributed by atoms with Crippen LogP contribution in [0.25, 0.3) is 0 Å². The van der Waals surface area contributed by atoms with Crippen molar-refractivity contribution in [2.45, 2.75) is 25.2 Å². The molecule has 6 nitrogen and oxygen atoms in total. The van der Waals surface area contributed by atoms with Crippen LogP contribution >= 0.6 is 11.3 Å². The van der Waals surface area contributed by atoms with E-state index in [9.17, 15) is 14.7 Å². The number of aryl methyl sites for hydroxylation is 1. The summed E-state index contributed by atoms with van der Waals surface area (Å²) in [6.07, 6.45) is 2.34. The Bertz CT molecular complexity index is 557. The number of aromatic nitrogens is 1. The normalized spacial score (nSPS) is 22.9. The van der Waals surface area contributed by atoms with E-state index in [1.54, 1.807) is 16.2 Å². The molecule has 7 heteroatoms. The number of carboxylic acids is 1. The third-order valence-corrected chi connectivity index (χ3v) is 5.14. The molecule has 1 aliphatic carbocycles. The van der Waals surface area contributed by atoms with Crippen LogP contribution in [0.5, 0.6) is 0 Å². The summed E-state index contributed by atoms with van der Waals surface area (Å²) in [5.74, 6) is -1.18. The number of carbonyl (C=O) groups excluding carboxylic acids is 1. The van der Waals surface area contributed by atoms with Gasteiger partial charge >= 0.3 is 5.97 Å². The van der Waals surface area contributed by atoms with Crippen molar-refractivity contribution in [2.75, 3.05) is 31.6 Å². The van der Waals surface area contributed by atoms with E-state index in [0.717, 1.165) is 35.9 Å². The zero-order valence-electron chi connectivity index (χ0n) is 11.3. The third kappa shape index (κ3) is 2.26. The number of thiazole rings is 1. The van der Waals surface area contributed by atoms with E-state index >= 15 is 0 Å². The minimum atomic E-state index is -0.799. The number of likely N-dealkylation sites (N-methyl/N-ethyl adjacent to an activating group) is 1. The molecule has 3 rings (SSSR count). The lowest BCUT2D eigenvalue weighted by Crippen LogP contribution is -2.34. The Kier molecular flexibility index (Phi) is 3.37. The fourth-order valence-corrected chi connectivity index (χ4v) is 3.90. The van der Waals surface area contributed by atoms with Crippen LogP contribution in [-0.2, 0) is 16.0 Å². The minimum absolute atomic E-state index is 0.0904. The van der Waals surface area contributed by atoms with Gasteiger partial charge in [-0.25, -0.2) is 4.98 Å². The summed E-state index contributed by atoms with van der Waals surface area (Å²) in [7, 11) is 1.81. The van der Waals surface area contributed by atoms with E-state index in [1.807, 2.05) is 11.9 Å². The maximum absolute atomic E-state index is 11.9. The summed E-state index contributed by atoms with van der Waals surface area (Å²) in [4.78, 5) is 32.4. The largest absolute Gasteiger partial charge is 0.481 e. The maximum Gasteiger partial charge on any atom is 0.312 e. The number of anilines is 1. The first-order valence-corrected chi connectivity index (χ1v) is 7.59. The Morgan fingerprint density at radius 2 is 2.25 bits per heavy atom. The van der Waals surface area contributed by atoms with E-state index < -0.39 is 11.9 Å². The number of rotatable bonds is 2. The molecule has 1 aromatic rings. The molecule has 0 aromatic carbocycles. The molecule has 20 heavy (non-hydrogen) atoms. The zero-order chi connectivity index (χ0) is 14.3. The second-order valence-corrected chi connectivity index (χ2v) is 6.39. The number of hydrogen-bond donors (Lipinski definition) is 1. The molecule has 2 heterocycles. The van der Waals surface area contributed by atoms with Gasteiger partial charge in [-0.2, -0.15) is 0 Å². The number of nitrogens with zero attached hydrogens (tertiary/aromatic N) is 3. The van der Waals surface area contributed by atoms with Gasteiger partial charge in [0.15, 0.2) is 5.13 Å². The topological polar surface area (TPSA) is 73.7 Å². The molecule has 1 unspecified atom stereocenters. The van der Waals surface area contributed by atoms with Crippen molar-refractivity contribution in [3.8, 4) is 0 Å². The van der Waals surface area contributed by atoms with Gasteiger partial charge in [-0.1, -0.05) is 0 Å². The fraction of sp³-hybridized carbons (Fsp3) is 0.615. The van der Waals surface area contributed by atoms with Crippen molar-refractivity contribution in [3.63, 3.8) is 0 Å². The van der Waals surface area contributed by atoms with Gasteiger partial charge < -0.3 is 14.9 Å².